The Kier molecular flexibility index (Phi) is 7.62. The number of nitrogens with zero attached hydrogens (tertiary/aromatic N) is 4. The maximum atomic E-state index is 5.56. The van der Waals surface area contributed by atoms with Gasteiger partial charge in [0.2, 0.25) is 0 Å². The average molecular weight is 295 g/mol. The van der Waals surface area contributed by atoms with Gasteiger partial charge in [0, 0.05) is 12.6 Å². The number of aryl methyl sites for hydroxylation is 1. The fourth-order valence-corrected chi connectivity index (χ4v) is 2.85. The van der Waals surface area contributed by atoms with Crippen molar-refractivity contribution in [2.45, 2.75) is 64.1 Å². The quantitative estimate of drug-likeness (QED) is 0.542. The van der Waals surface area contributed by atoms with Crippen molar-refractivity contribution in [3.63, 3.8) is 0 Å². The first-order valence-corrected chi connectivity index (χ1v) is 8.29. The van der Waals surface area contributed by atoms with E-state index in [1.807, 2.05) is 0 Å². The van der Waals surface area contributed by atoms with Crippen molar-refractivity contribution in [1.82, 2.24) is 30.8 Å². The molecule has 0 aliphatic heterocycles. The average Bonchev–Trinajstić information content (AvgIpc) is 2.98. The molecular weight excluding hydrogens is 266 g/mol. The SMILES string of the molecule is NCc1nnnn1CCCNCCCNC1CCCCC1. The molecule has 2 rings (SSSR count). The first kappa shape index (κ1) is 16.3. The molecule has 0 unspecified atom stereocenters. The maximum Gasteiger partial charge on any atom is 0.164 e. The fourth-order valence-electron chi connectivity index (χ4n) is 2.85. The van der Waals surface area contributed by atoms with Gasteiger partial charge in [-0.2, -0.15) is 0 Å². The molecule has 1 heterocycles. The van der Waals surface area contributed by atoms with Crippen molar-refractivity contribution in [3.8, 4) is 0 Å². The van der Waals surface area contributed by atoms with Crippen LogP contribution in [0.3, 0.4) is 0 Å². The van der Waals surface area contributed by atoms with Crippen LogP contribution in [0.15, 0.2) is 0 Å². The molecular formula is C14H29N7. The van der Waals surface area contributed by atoms with Crippen LogP contribution < -0.4 is 16.4 Å². The van der Waals surface area contributed by atoms with Crippen LogP contribution in [-0.2, 0) is 13.1 Å². The van der Waals surface area contributed by atoms with Gasteiger partial charge in [-0.05, 0) is 55.7 Å². The fraction of sp³-hybridized carbons (Fsp3) is 0.929. The Bertz CT molecular complexity index is 373. The summed E-state index contributed by atoms with van der Waals surface area (Å²) < 4.78 is 1.78. The zero-order chi connectivity index (χ0) is 14.8. The Labute approximate surface area is 127 Å². The van der Waals surface area contributed by atoms with Crippen LogP contribution in [0.2, 0.25) is 0 Å². The molecule has 0 spiro atoms. The molecule has 7 heteroatoms. The topological polar surface area (TPSA) is 93.7 Å². The van der Waals surface area contributed by atoms with Crippen LogP contribution in [0.1, 0.15) is 50.8 Å². The van der Waals surface area contributed by atoms with E-state index in [4.69, 9.17) is 5.73 Å². The minimum Gasteiger partial charge on any atom is -0.324 e. The summed E-state index contributed by atoms with van der Waals surface area (Å²) in [5, 5.41) is 18.6. The lowest BCUT2D eigenvalue weighted by Gasteiger charge is -2.22. The Hall–Kier alpha value is -1.05. The second-order valence-corrected chi connectivity index (χ2v) is 5.77. The Morgan fingerprint density at radius 2 is 1.90 bits per heavy atom. The van der Waals surface area contributed by atoms with Crippen LogP contribution in [0.25, 0.3) is 0 Å². The van der Waals surface area contributed by atoms with Gasteiger partial charge < -0.3 is 16.4 Å². The van der Waals surface area contributed by atoms with Gasteiger partial charge in [-0.3, -0.25) is 0 Å². The molecule has 1 saturated carbocycles. The number of nitrogens with two attached hydrogens (primary N) is 1. The van der Waals surface area contributed by atoms with E-state index in [0.29, 0.717) is 6.54 Å². The summed E-state index contributed by atoms with van der Waals surface area (Å²) >= 11 is 0. The van der Waals surface area contributed by atoms with E-state index in [1.165, 1.54) is 38.5 Å². The Morgan fingerprint density at radius 1 is 1.10 bits per heavy atom. The van der Waals surface area contributed by atoms with Gasteiger partial charge in [-0.15, -0.1) is 5.10 Å². The molecule has 0 radical (unpaired) electrons. The highest BCUT2D eigenvalue weighted by atomic mass is 15.5. The van der Waals surface area contributed by atoms with E-state index >= 15 is 0 Å². The Balaban J connectivity index is 1.41. The third-order valence-electron chi connectivity index (χ3n) is 4.08. The summed E-state index contributed by atoms with van der Waals surface area (Å²) in [6.45, 7) is 4.41. The second-order valence-electron chi connectivity index (χ2n) is 5.77. The molecule has 120 valence electrons. The van der Waals surface area contributed by atoms with Crippen LogP contribution in [0.4, 0.5) is 0 Å². The van der Waals surface area contributed by atoms with Crippen molar-refractivity contribution in [3.05, 3.63) is 5.82 Å². The highest BCUT2D eigenvalue weighted by Crippen LogP contribution is 2.16. The minimum absolute atomic E-state index is 0.396. The van der Waals surface area contributed by atoms with E-state index in [9.17, 15) is 0 Å². The van der Waals surface area contributed by atoms with Crippen molar-refractivity contribution in [2.75, 3.05) is 19.6 Å². The minimum atomic E-state index is 0.396. The third kappa shape index (κ3) is 6.07. The molecule has 0 atom stereocenters. The zero-order valence-corrected chi connectivity index (χ0v) is 12.9. The van der Waals surface area contributed by atoms with E-state index < -0.39 is 0 Å². The van der Waals surface area contributed by atoms with Crippen LogP contribution in [0.5, 0.6) is 0 Å². The lowest BCUT2D eigenvalue weighted by Crippen LogP contribution is -2.33. The first-order chi connectivity index (χ1) is 10.4. The van der Waals surface area contributed by atoms with E-state index in [-0.39, 0.29) is 0 Å². The third-order valence-corrected chi connectivity index (χ3v) is 4.08. The van der Waals surface area contributed by atoms with Crippen molar-refractivity contribution in [1.29, 1.82) is 0 Å². The van der Waals surface area contributed by atoms with Gasteiger partial charge in [0.15, 0.2) is 5.82 Å². The monoisotopic (exact) mass is 295 g/mol. The van der Waals surface area contributed by atoms with Gasteiger partial charge in [0.25, 0.3) is 0 Å². The van der Waals surface area contributed by atoms with Gasteiger partial charge in [0.1, 0.15) is 0 Å². The van der Waals surface area contributed by atoms with E-state index in [1.54, 1.807) is 4.68 Å². The van der Waals surface area contributed by atoms with Crippen LogP contribution >= 0.6 is 0 Å². The van der Waals surface area contributed by atoms with Gasteiger partial charge in [-0.1, -0.05) is 19.3 Å². The molecule has 1 aromatic heterocycles. The van der Waals surface area contributed by atoms with Crippen molar-refractivity contribution < 1.29 is 0 Å². The summed E-state index contributed by atoms with van der Waals surface area (Å²) in [4.78, 5) is 0. The molecule has 1 aliphatic carbocycles. The first-order valence-electron chi connectivity index (χ1n) is 8.29. The molecule has 1 fully saturated rings. The molecule has 1 aliphatic rings. The number of aromatic nitrogens is 4. The van der Waals surface area contributed by atoms with Crippen LogP contribution in [0, 0.1) is 0 Å². The van der Waals surface area contributed by atoms with Crippen LogP contribution in [-0.4, -0.2) is 45.9 Å². The predicted molar refractivity (Wildman–Crippen MR) is 82.7 cm³/mol. The van der Waals surface area contributed by atoms with Gasteiger partial charge in [-0.25, -0.2) is 4.68 Å². The van der Waals surface area contributed by atoms with Gasteiger partial charge in [0.05, 0.1) is 6.54 Å². The molecule has 0 amide bonds. The van der Waals surface area contributed by atoms with Crippen molar-refractivity contribution in [2.24, 2.45) is 5.73 Å². The largest absolute Gasteiger partial charge is 0.324 e. The molecule has 4 N–H and O–H groups in total. The number of rotatable bonds is 10. The Morgan fingerprint density at radius 3 is 2.71 bits per heavy atom. The van der Waals surface area contributed by atoms with Crippen molar-refractivity contribution >= 4 is 0 Å². The summed E-state index contributed by atoms with van der Waals surface area (Å²) in [7, 11) is 0. The zero-order valence-electron chi connectivity index (χ0n) is 12.9. The summed E-state index contributed by atoms with van der Waals surface area (Å²) in [6, 6.07) is 0.772. The van der Waals surface area contributed by atoms with E-state index in [0.717, 1.165) is 44.5 Å². The predicted octanol–water partition coefficient (Wildman–Crippen LogP) is 0.424. The summed E-state index contributed by atoms with van der Waals surface area (Å²) in [5.74, 6) is 0.756. The number of hydrogen-bond donors (Lipinski definition) is 3. The van der Waals surface area contributed by atoms with Gasteiger partial charge >= 0.3 is 0 Å². The number of hydrogen-bond acceptors (Lipinski definition) is 6. The smallest absolute Gasteiger partial charge is 0.164 e. The normalized spacial score (nSPS) is 16.4. The highest BCUT2D eigenvalue weighted by molar-refractivity contribution is 4.77. The lowest BCUT2D eigenvalue weighted by atomic mass is 9.95. The molecule has 21 heavy (non-hydrogen) atoms. The van der Waals surface area contributed by atoms with E-state index in [2.05, 4.69) is 26.2 Å². The lowest BCUT2D eigenvalue weighted by molar-refractivity contribution is 0.371. The number of nitrogens with one attached hydrogen (secondary N) is 2. The second kappa shape index (κ2) is 9.81. The molecule has 1 aromatic rings. The summed E-state index contributed by atoms with van der Waals surface area (Å²) in [6.07, 6.45) is 9.16. The standard InChI is InChI=1S/C14H29N7/c15-12-14-18-19-20-21(14)11-5-9-16-8-4-10-17-13-6-2-1-3-7-13/h13,16-17H,1-12,15H2. The number of tetrazole rings is 1. The summed E-state index contributed by atoms with van der Waals surface area (Å²) in [5.41, 5.74) is 5.56. The molecule has 0 aromatic carbocycles. The maximum absolute atomic E-state index is 5.56. The highest BCUT2D eigenvalue weighted by Gasteiger charge is 2.11. The molecule has 0 bridgehead atoms. The molecule has 7 nitrogen and oxygen atoms in total. The molecule has 0 saturated heterocycles.